The Bertz CT molecular complexity index is 1160. The van der Waals surface area contributed by atoms with Crippen LogP contribution in [0.3, 0.4) is 0 Å². The molecule has 2 amide bonds. The topological polar surface area (TPSA) is 97.4 Å². The fraction of sp³-hybridized carbons (Fsp3) is 0.217. The van der Waals surface area contributed by atoms with Crippen LogP contribution < -0.4 is 10.6 Å². The average molecular weight is 403 g/mol. The maximum atomic E-state index is 12.9. The Labute approximate surface area is 173 Å². The summed E-state index contributed by atoms with van der Waals surface area (Å²) in [7, 11) is 0. The minimum Gasteiger partial charge on any atom is -0.452 e. The number of hydrogen-bond acceptors (Lipinski definition) is 5. The van der Waals surface area contributed by atoms with Crippen molar-refractivity contribution in [2.45, 2.75) is 26.2 Å². The number of esters is 1. The van der Waals surface area contributed by atoms with Gasteiger partial charge >= 0.3 is 5.97 Å². The zero-order valence-electron chi connectivity index (χ0n) is 16.5. The lowest BCUT2D eigenvalue weighted by Crippen LogP contribution is -2.22. The van der Waals surface area contributed by atoms with Crippen LogP contribution in [0, 0.1) is 0 Å². The zero-order valence-corrected chi connectivity index (χ0v) is 16.5. The fourth-order valence-corrected chi connectivity index (χ4v) is 3.72. The summed E-state index contributed by atoms with van der Waals surface area (Å²) >= 11 is 0. The second-order valence-corrected chi connectivity index (χ2v) is 7.17. The molecule has 7 nitrogen and oxygen atoms in total. The number of carbonyl (C=O) groups is 3. The van der Waals surface area contributed by atoms with Crippen LogP contribution in [0.1, 0.15) is 35.0 Å². The van der Waals surface area contributed by atoms with E-state index in [1.807, 2.05) is 24.3 Å². The van der Waals surface area contributed by atoms with Crippen LogP contribution in [0.15, 0.2) is 48.5 Å². The van der Waals surface area contributed by atoms with Crippen molar-refractivity contribution < 1.29 is 19.1 Å². The molecule has 0 radical (unpaired) electrons. The predicted molar refractivity (Wildman–Crippen MR) is 113 cm³/mol. The minimum absolute atomic E-state index is 0.204. The first kappa shape index (κ1) is 19.6. The second kappa shape index (κ2) is 8.32. The van der Waals surface area contributed by atoms with Gasteiger partial charge in [0.1, 0.15) is 0 Å². The first-order chi connectivity index (χ1) is 14.5. The van der Waals surface area contributed by atoms with E-state index in [4.69, 9.17) is 4.74 Å². The van der Waals surface area contributed by atoms with Gasteiger partial charge in [-0.1, -0.05) is 24.3 Å². The molecule has 2 N–H and O–H groups in total. The van der Waals surface area contributed by atoms with Gasteiger partial charge in [0.2, 0.25) is 5.91 Å². The third kappa shape index (κ3) is 4.15. The third-order valence-corrected chi connectivity index (χ3v) is 4.92. The number of hydrogen-bond donors (Lipinski definition) is 2. The molecule has 0 unspecified atom stereocenters. The summed E-state index contributed by atoms with van der Waals surface area (Å²) in [5, 5.41) is 6.06. The molecule has 0 saturated heterocycles. The van der Waals surface area contributed by atoms with Crippen LogP contribution >= 0.6 is 0 Å². The van der Waals surface area contributed by atoms with Crippen molar-refractivity contribution in [3.63, 3.8) is 0 Å². The summed E-state index contributed by atoms with van der Waals surface area (Å²) < 4.78 is 5.34. The van der Waals surface area contributed by atoms with Crippen molar-refractivity contribution in [2.24, 2.45) is 0 Å². The number of benzene rings is 2. The number of amides is 2. The largest absolute Gasteiger partial charge is 0.452 e. The normalized spacial score (nSPS) is 12.3. The molecule has 1 heterocycles. The van der Waals surface area contributed by atoms with Gasteiger partial charge in [0, 0.05) is 29.4 Å². The molecule has 7 heteroatoms. The molecule has 4 rings (SSSR count). The molecule has 0 aliphatic heterocycles. The lowest BCUT2D eigenvalue weighted by Gasteiger charge is -2.12. The van der Waals surface area contributed by atoms with E-state index in [-0.39, 0.29) is 5.91 Å². The van der Waals surface area contributed by atoms with E-state index < -0.39 is 18.5 Å². The second-order valence-electron chi connectivity index (χ2n) is 7.17. The van der Waals surface area contributed by atoms with Gasteiger partial charge in [0.15, 0.2) is 6.61 Å². The molecule has 1 aliphatic carbocycles. The zero-order chi connectivity index (χ0) is 21.1. The Morgan fingerprint density at radius 1 is 1.00 bits per heavy atom. The van der Waals surface area contributed by atoms with Crippen LogP contribution in [0.4, 0.5) is 11.4 Å². The molecule has 0 atom stereocenters. The molecule has 30 heavy (non-hydrogen) atoms. The molecule has 2 aromatic carbocycles. The van der Waals surface area contributed by atoms with Crippen molar-refractivity contribution in [3.8, 4) is 0 Å². The SMILES string of the molecule is CC(=O)Nc1cccc(NC(=O)COC(=O)c2c3c(nc4ccccc24)CCC3)c1. The highest BCUT2D eigenvalue weighted by Crippen LogP contribution is 2.30. The molecule has 0 fully saturated rings. The van der Waals surface area contributed by atoms with E-state index in [2.05, 4.69) is 15.6 Å². The van der Waals surface area contributed by atoms with E-state index >= 15 is 0 Å². The molecule has 0 spiro atoms. The predicted octanol–water partition coefficient (Wildman–Crippen LogP) is 3.48. The van der Waals surface area contributed by atoms with Crippen LogP contribution in [0.5, 0.6) is 0 Å². The highest BCUT2D eigenvalue weighted by molar-refractivity contribution is 6.06. The van der Waals surface area contributed by atoms with E-state index in [0.29, 0.717) is 16.9 Å². The van der Waals surface area contributed by atoms with Crippen LogP contribution in [-0.2, 0) is 27.2 Å². The number of ether oxygens (including phenoxy) is 1. The summed E-state index contributed by atoms with van der Waals surface area (Å²) in [6.45, 7) is 0.999. The maximum absolute atomic E-state index is 12.9. The monoisotopic (exact) mass is 403 g/mol. The number of aromatic nitrogens is 1. The Kier molecular flexibility index (Phi) is 5.43. The van der Waals surface area contributed by atoms with Crippen molar-refractivity contribution in [2.75, 3.05) is 17.2 Å². The number of anilines is 2. The number of fused-ring (bicyclic) bond motifs is 2. The Morgan fingerprint density at radius 2 is 1.77 bits per heavy atom. The highest BCUT2D eigenvalue weighted by Gasteiger charge is 2.25. The summed E-state index contributed by atoms with van der Waals surface area (Å²) in [4.78, 5) is 41.0. The first-order valence-electron chi connectivity index (χ1n) is 9.76. The molecule has 3 aromatic rings. The van der Waals surface area contributed by atoms with Gasteiger partial charge in [0.05, 0.1) is 11.1 Å². The number of rotatable bonds is 5. The Balaban J connectivity index is 1.47. The van der Waals surface area contributed by atoms with E-state index in [0.717, 1.165) is 41.4 Å². The van der Waals surface area contributed by atoms with Crippen molar-refractivity contribution in [3.05, 3.63) is 65.4 Å². The first-order valence-corrected chi connectivity index (χ1v) is 9.76. The maximum Gasteiger partial charge on any atom is 0.339 e. The molecule has 1 aromatic heterocycles. The standard InChI is InChI=1S/C23H21N3O4/c1-14(27)24-15-6-4-7-16(12-15)25-21(28)13-30-23(29)22-17-8-2-3-10-19(17)26-20-11-5-9-18(20)22/h2-4,6-8,10,12H,5,9,11,13H2,1H3,(H,24,27)(H,25,28). The molecule has 0 bridgehead atoms. The Morgan fingerprint density at radius 3 is 2.57 bits per heavy atom. The summed E-state index contributed by atoms with van der Waals surface area (Å²) in [6.07, 6.45) is 2.56. The van der Waals surface area contributed by atoms with Crippen LogP contribution in [0.25, 0.3) is 10.9 Å². The number of nitrogens with one attached hydrogen (secondary N) is 2. The van der Waals surface area contributed by atoms with E-state index in [9.17, 15) is 14.4 Å². The summed E-state index contributed by atoms with van der Waals surface area (Å²) in [6, 6.07) is 14.2. The molecule has 152 valence electrons. The minimum atomic E-state index is -0.520. The number of pyridine rings is 1. The van der Waals surface area contributed by atoms with Crippen molar-refractivity contribution >= 4 is 40.1 Å². The van der Waals surface area contributed by atoms with E-state index in [1.54, 1.807) is 24.3 Å². The van der Waals surface area contributed by atoms with Crippen LogP contribution in [0.2, 0.25) is 0 Å². The fourth-order valence-electron chi connectivity index (χ4n) is 3.72. The number of para-hydroxylation sites is 1. The number of nitrogens with zero attached hydrogens (tertiary/aromatic N) is 1. The number of carbonyl (C=O) groups excluding carboxylic acids is 3. The quantitative estimate of drug-likeness (QED) is 0.636. The number of aryl methyl sites for hydroxylation is 1. The van der Waals surface area contributed by atoms with Gasteiger partial charge < -0.3 is 15.4 Å². The van der Waals surface area contributed by atoms with Crippen molar-refractivity contribution in [1.82, 2.24) is 4.98 Å². The summed E-state index contributed by atoms with van der Waals surface area (Å²) in [5.41, 5.74) is 4.17. The summed E-state index contributed by atoms with van der Waals surface area (Å²) in [5.74, 6) is -1.18. The average Bonchev–Trinajstić information content (AvgIpc) is 3.18. The van der Waals surface area contributed by atoms with Gasteiger partial charge in [-0.2, -0.15) is 0 Å². The van der Waals surface area contributed by atoms with Gasteiger partial charge in [0.25, 0.3) is 5.91 Å². The molecule has 0 saturated carbocycles. The van der Waals surface area contributed by atoms with Crippen molar-refractivity contribution in [1.29, 1.82) is 0 Å². The van der Waals surface area contributed by atoms with Gasteiger partial charge in [-0.15, -0.1) is 0 Å². The lowest BCUT2D eigenvalue weighted by molar-refractivity contribution is -0.119. The van der Waals surface area contributed by atoms with Crippen LogP contribution in [-0.4, -0.2) is 29.4 Å². The highest BCUT2D eigenvalue weighted by atomic mass is 16.5. The molecule has 1 aliphatic rings. The smallest absolute Gasteiger partial charge is 0.339 e. The van der Waals surface area contributed by atoms with Gasteiger partial charge in [-0.25, -0.2) is 4.79 Å². The molecular weight excluding hydrogens is 382 g/mol. The van der Waals surface area contributed by atoms with Gasteiger partial charge in [-0.05, 0) is 49.1 Å². The third-order valence-electron chi connectivity index (χ3n) is 4.92. The van der Waals surface area contributed by atoms with E-state index in [1.165, 1.54) is 6.92 Å². The molecular formula is C23H21N3O4. The van der Waals surface area contributed by atoms with Gasteiger partial charge in [-0.3, -0.25) is 14.6 Å². The lowest BCUT2D eigenvalue weighted by atomic mass is 10.0. The Hall–Kier alpha value is -3.74.